The molecule has 3 heterocycles. The van der Waals surface area contributed by atoms with Crippen LogP contribution in [0.4, 0.5) is 0 Å². The number of nitrogens with zero attached hydrogens (tertiary/aromatic N) is 6. The van der Waals surface area contributed by atoms with E-state index in [9.17, 15) is 4.79 Å². The highest BCUT2D eigenvalue weighted by Crippen LogP contribution is 2.29. The van der Waals surface area contributed by atoms with Crippen LogP contribution in [0, 0.1) is 6.92 Å². The van der Waals surface area contributed by atoms with Gasteiger partial charge in [-0.25, -0.2) is 4.79 Å². The molecule has 166 valence electrons. The molecular weight excluding hydrogens is 402 g/mol. The van der Waals surface area contributed by atoms with Gasteiger partial charge in [0.25, 0.3) is 0 Å². The van der Waals surface area contributed by atoms with Crippen LogP contribution >= 0.6 is 0 Å². The average molecular weight is 432 g/mol. The van der Waals surface area contributed by atoms with Gasteiger partial charge in [-0.1, -0.05) is 43.7 Å². The summed E-state index contributed by atoms with van der Waals surface area (Å²) in [5.74, 6) is 0.544. The van der Waals surface area contributed by atoms with E-state index in [1.54, 1.807) is 0 Å². The number of hydrogen-bond donors (Lipinski definition) is 1. The zero-order valence-electron chi connectivity index (χ0n) is 19.0. The van der Waals surface area contributed by atoms with Gasteiger partial charge >= 0.3 is 5.69 Å². The topological polar surface area (TPSA) is 94.3 Å². The summed E-state index contributed by atoms with van der Waals surface area (Å²) in [6, 6.07) is 12.0. The van der Waals surface area contributed by atoms with Crippen molar-refractivity contribution in [2.75, 3.05) is 0 Å². The molecule has 4 rings (SSSR count). The largest absolute Gasteiger partial charge is 0.329 e. The van der Waals surface area contributed by atoms with Crippen LogP contribution in [0.2, 0.25) is 0 Å². The number of H-pyrrole nitrogens is 1. The van der Waals surface area contributed by atoms with Crippen LogP contribution in [0.1, 0.15) is 56.7 Å². The summed E-state index contributed by atoms with van der Waals surface area (Å²) in [7, 11) is 0. The summed E-state index contributed by atoms with van der Waals surface area (Å²) in [6.07, 6.45) is 4.89. The van der Waals surface area contributed by atoms with E-state index in [4.69, 9.17) is 0 Å². The number of unbranched alkanes of at least 4 members (excludes halogenated alkanes) is 1. The molecule has 0 aliphatic heterocycles. The van der Waals surface area contributed by atoms with E-state index in [-0.39, 0.29) is 11.7 Å². The maximum absolute atomic E-state index is 13.2. The van der Waals surface area contributed by atoms with Gasteiger partial charge in [-0.15, -0.1) is 10.2 Å². The van der Waals surface area contributed by atoms with Crippen molar-refractivity contribution in [3.63, 3.8) is 0 Å². The van der Waals surface area contributed by atoms with Crippen molar-refractivity contribution < 1.29 is 0 Å². The lowest BCUT2D eigenvalue weighted by Gasteiger charge is -2.10. The molecule has 0 amide bonds. The smallest absolute Gasteiger partial charge is 0.294 e. The van der Waals surface area contributed by atoms with E-state index in [1.807, 2.05) is 58.7 Å². The van der Waals surface area contributed by atoms with Crippen LogP contribution in [0.15, 0.2) is 47.4 Å². The zero-order valence-corrected chi connectivity index (χ0v) is 19.0. The fourth-order valence-electron chi connectivity index (χ4n) is 4.20. The Morgan fingerprint density at radius 2 is 1.88 bits per heavy atom. The second kappa shape index (κ2) is 9.30. The first kappa shape index (κ1) is 21.7. The van der Waals surface area contributed by atoms with Crippen molar-refractivity contribution in [2.45, 2.75) is 59.5 Å². The summed E-state index contributed by atoms with van der Waals surface area (Å²) < 4.78 is 3.78. The molecule has 1 N–H and O–H groups in total. The van der Waals surface area contributed by atoms with Crippen LogP contribution in [0.25, 0.3) is 22.5 Å². The number of aromatic amines is 1. The third-order valence-corrected chi connectivity index (χ3v) is 5.79. The van der Waals surface area contributed by atoms with Crippen molar-refractivity contribution in [1.82, 2.24) is 34.7 Å². The number of aromatic nitrogens is 7. The molecule has 8 nitrogen and oxygen atoms in total. The highest BCUT2D eigenvalue weighted by atomic mass is 16.1. The number of hydrogen-bond acceptors (Lipinski definition) is 5. The van der Waals surface area contributed by atoms with Gasteiger partial charge < -0.3 is 0 Å². The molecule has 0 radical (unpaired) electrons. The maximum Gasteiger partial charge on any atom is 0.329 e. The van der Waals surface area contributed by atoms with Crippen molar-refractivity contribution in [2.24, 2.45) is 0 Å². The van der Waals surface area contributed by atoms with Gasteiger partial charge in [-0.05, 0) is 50.5 Å². The predicted octanol–water partition coefficient (Wildman–Crippen LogP) is 4.17. The highest BCUT2D eigenvalue weighted by Gasteiger charge is 2.19. The number of pyridine rings is 1. The quantitative estimate of drug-likeness (QED) is 0.452. The minimum Gasteiger partial charge on any atom is -0.294 e. The van der Waals surface area contributed by atoms with Gasteiger partial charge in [0.2, 0.25) is 5.82 Å². The average Bonchev–Trinajstić information content (AvgIpc) is 3.40. The van der Waals surface area contributed by atoms with Gasteiger partial charge in [0.05, 0.1) is 12.2 Å². The lowest BCUT2D eigenvalue weighted by Crippen LogP contribution is -2.27. The molecule has 4 aromatic rings. The highest BCUT2D eigenvalue weighted by molar-refractivity contribution is 5.79. The van der Waals surface area contributed by atoms with Crippen LogP contribution in [-0.2, 0) is 13.0 Å². The molecule has 3 aromatic heterocycles. The predicted molar refractivity (Wildman–Crippen MR) is 124 cm³/mol. The number of tetrazole rings is 1. The molecule has 0 bridgehead atoms. The third-order valence-electron chi connectivity index (χ3n) is 5.79. The Balaban J connectivity index is 1.66. The summed E-state index contributed by atoms with van der Waals surface area (Å²) in [4.78, 5) is 17.8. The van der Waals surface area contributed by atoms with Crippen LogP contribution < -0.4 is 5.69 Å². The van der Waals surface area contributed by atoms with Crippen molar-refractivity contribution in [1.29, 1.82) is 0 Å². The lowest BCUT2D eigenvalue weighted by molar-refractivity contribution is 0.549. The minimum atomic E-state index is 0.0388. The second-order valence-corrected chi connectivity index (χ2v) is 8.29. The molecule has 0 unspecified atom stereocenters. The first-order chi connectivity index (χ1) is 15.5. The normalized spacial score (nSPS) is 11.4. The van der Waals surface area contributed by atoms with Gasteiger partial charge in [-0.2, -0.15) is 5.21 Å². The molecule has 32 heavy (non-hydrogen) atoms. The SMILES string of the molecule is CCCCc1c(C)n(C(C)C)c(=O)n1Cc1ccc(-c2ccccc2-c2nn[nH]n2)cn1. The molecule has 0 aliphatic rings. The van der Waals surface area contributed by atoms with E-state index < -0.39 is 0 Å². The zero-order chi connectivity index (χ0) is 22.7. The maximum atomic E-state index is 13.2. The van der Waals surface area contributed by atoms with Crippen molar-refractivity contribution in [3.8, 4) is 22.5 Å². The van der Waals surface area contributed by atoms with Crippen LogP contribution in [0.3, 0.4) is 0 Å². The first-order valence-corrected chi connectivity index (χ1v) is 11.1. The number of benzene rings is 1. The Bertz CT molecular complexity index is 1230. The molecule has 0 saturated heterocycles. The number of imidazole rings is 1. The monoisotopic (exact) mass is 431 g/mol. The van der Waals surface area contributed by atoms with Crippen LogP contribution in [0.5, 0.6) is 0 Å². The molecule has 0 spiro atoms. The summed E-state index contributed by atoms with van der Waals surface area (Å²) in [5, 5.41) is 14.4. The summed E-state index contributed by atoms with van der Waals surface area (Å²) in [5.41, 5.74) is 5.89. The molecule has 1 aromatic carbocycles. The molecule has 8 heteroatoms. The Kier molecular flexibility index (Phi) is 6.30. The minimum absolute atomic E-state index is 0.0388. The van der Waals surface area contributed by atoms with E-state index >= 15 is 0 Å². The molecule has 0 atom stereocenters. The third kappa shape index (κ3) is 4.12. The molecular formula is C24H29N7O. The van der Waals surface area contributed by atoms with Crippen molar-refractivity contribution in [3.05, 3.63) is 70.2 Å². The van der Waals surface area contributed by atoms with Gasteiger partial charge in [0.1, 0.15) is 0 Å². The number of rotatable bonds is 8. The van der Waals surface area contributed by atoms with Gasteiger partial charge in [0.15, 0.2) is 0 Å². The number of nitrogens with one attached hydrogen (secondary N) is 1. The van der Waals surface area contributed by atoms with Gasteiger partial charge in [0, 0.05) is 34.8 Å². The second-order valence-electron chi connectivity index (χ2n) is 8.29. The Labute approximate surface area is 187 Å². The molecule has 0 fully saturated rings. The Hall–Kier alpha value is -3.55. The molecule has 0 aliphatic carbocycles. The summed E-state index contributed by atoms with van der Waals surface area (Å²) >= 11 is 0. The summed E-state index contributed by atoms with van der Waals surface area (Å²) in [6.45, 7) is 8.79. The molecule has 0 saturated carbocycles. The van der Waals surface area contributed by atoms with Crippen LogP contribution in [-0.4, -0.2) is 34.7 Å². The van der Waals surface area contributed by atoms with Gasteiger partial charge in [-0.3, -0.25) is 14.1 Å². The Morgan fingerprint density at radius 1 is 1.09 bits per heavy atom. The Morgan fingerprint density at radius 3 is 2.50 bits per heavy atom. The fraction of sp³-hybridized carbons (Fsp3) is 0.375. The van der Waals surface area contributed by atoms with E-state index in [1.165, 1.54) is 0 Å². The van der Waals surface area contributed by atoms with E-state index in [2.05, 4.69) is 46.4 Å². The van der Waals surface area contributed by atoms with Crippen molar-refractivity contribution >= 4 is 0 Å². The fourth-order valence-corrected chi connectivity index (χ4v) is 4.20. The standard InChI is InChI=1S/C24H29N7O/c1-5-6-11-22-17(4)31(16(2)3)24(32)30(22)15-19-13-12-18(14-25-19)20-9-7-8-10-21(20)23-26-28-29-27-23/h7-10,12-14,16H,5-6,11,15H2,1-4H3,(H,26,27,28,29). The van der Waals surface area contributed by atoms with E-state index in [0.29, 0.717) is 12.4 Å². The lowest BCUT2D eigenvalue weighted by atomic mass is 10.0. The van der Waals surface area contributed by atoms with E-state index in [0.717, 1.165) is 53.0 Å². The first-order valence-electron chi connectivity index (χ1n) is 11.1.